The van der Waals surface area contributed by atoms with Gasteiger partial charge in [0, 0.05) is 24.2 Å². The number of aromatic carboxylic acids is 1. The fourth-order valence-electron chi connectivity index (χ4n) is 5.97. The minimum atomic E-state index is -6.05. The number of carbonyl (C=O) groups excluding carboxylic acids is 1. The van der Waals surface area contributed by atoms with Crippen LogP contribution in [-0.2, 0) is 27.9 Å². The number of hydrogen-bond acceptors (Lipinski definition) is 5. The molecule has 0 spiro atoms. The molecule has 53 heavy (non-hydrogen) atoms. The number of benzene rings is 4. The van der Waals surface area contributed by atoms with Gasteiger partial charge in [-0.2, -0.15) is 4.31 Å². The van der Waals surface area contributed by atoms with Gasteiger partial charge in [0.2, 0.25) is 21.7 Å². The van der Waals surface area contributed by atoms with Crippen molar-refractivity contribution in [1.29, 1.82) is 0 Å². The van der Waals surface area contributed by atoms with E-state index in [-0.39, 0.29) is 51.8 Å². The van der Waals surface area contributed by atoms with Crippen LogP contribution in [0.4, 0.5) is 40.8 Å². The number of ether oxygens (including phenoxy) is 1. The van der Waals surface area contributed by atoms with E-state index in [1.54, 1.807) is 0 Å². The van der Waals surface area contributed by atoms with Gasteiger partial charge in [-0.1, -0.05) is 18.2 Å². The number of amides is 1. The van der Waals surface area contributed by atoms with Gasteiger partial charge in [0.05, 0.1) is 31.5 Å². The Balaban J connectivity index is 1.49. The summed E-state index contributed by atoms with van der Waals surface area (Å²) in [5.74, 6) is -20.8. The molecule has 280 valence electrons. The summed E-state index contributed by atoms with van der Waals surface area (Å²) >= 11 is 0. The number of sulfonamides is 1. The van der Waals surface area contributed by atoms with Crippen molar-refractivity contribution in [2.45, 2.75) is 55.5 Å². The largest absolute Gasteiger partial charge is 0.495 e. The molecule has 2 fully saturated rings. The molecule has 17 heteroatoms. The van der Waals surface area contributed by atoms with Gasteiger partial charge >= 0.3 is 5.97 Å². The van der Waals surface area contributed by atoms with E-state index in [1.807, 2.05) is 12.1 Å². The summed E-state index contributed by atoms with van der Waals surface area (Å²) in [4.78, 5) is 24.6. The highest BCUT2D eigenvalue weighted by molar-refractivity contribution is 7.89. The van der Waals surface area contributed by atoms with Crippen molar-refractivity contribution >= 4 is 27.6 Å². The Morgan fingerprint density at radius 2 is 1.28 bits per heavy atom. The van der Waals surface area contributed by atoms with E-state index in [9.17, 15) is 58.2 Å². The van der Waals surface area contributed by atoms with Crippen LogP contribution in [0.1, 0.15) is 70.1 Å². The lowest BCUT2D eigenvalue weighted by Gasteiger charge is -2.29. The summed E-state index contributed by atoms with van der Waals surface area (Å²) in [7, 11) is -4.90. The Bertz CT molecular complexity index is 2180. The predicted octanol–water partition coefficient (Wildman–Crippen LogP) is 7.69. The van der Waals surface area contributed by atoms with Crippen LogP contribution in [0.2, 0.25) is 0 Å². The first-order valence-electron chi connectivity index (χ1n) is 16.0. The molecule has 0 atom stereocenters. The summed E-state index contributed by atoms with van der Waals surface area (Å²) in [6, 6.07) is 9.29. The molecule has 8 nitrogen and oxygen atoms in total. The lowest BCUT2D eigenvalue weighted by molar-refractivity contribution is -0.119. The van der Waals surface area contributed by atoms with Crippen molar-refractivity contribution < 1.29 is 63.0 Å². The number of rotatable bonds is 13. The number of carbonyl (C=O) groups is 2. The van der Waals surface area contributed by atoms with E-state index < -0.39 is 92.0 Å². The molecule has 0 aromatic heterocycles. The number of methoxy groups -OCH3 is 1. The first-order chi connectivity index (χ1) is 25.0. The zero-order valence-corrected chi connectivity index (χ0v) is 28.4. The average molecular weight is 769 g/mol. The van der Waals surface area contributed by atoms with Crippen molar-refractivity contribution in [2.24, 2.45) is 0 Å². The maximum absolute atomic E-state index is 15.0. The SMILES string of the molecule is COc1cc(C(=O)O)ccc1N(Cc1cc(C2CC2)cc(C2CC2)c1)C(=O)CN(Cc1c(F)cc(F)cc1F)S(=O)(=O)c1c(F)c(F)c(F)c(F)c1F. The van der Waals surface area contributed by atoms with Crippen LogP contribution < -0.4 is 9.64 Å². The van der Waals surface area contributed by atoms with Crippen LogP contribution in [-0.4, -0.2) is 43.4 Å². The molecule has 0 radical (unpaired) electrons. The van der Waals surface area contributed by atoms with Crippen LogP contribution in [0.3, 0.4) is 0 Å². The van der Waals surface area contributed by atoms with Crippen molar-refractivity contribution in [1.82, 2.24) is 4.31 Å². The predicted molar refractivity (Wildman–Crippen MR) is 172 cm³/mol. The Kier molecular flexibility index (Phi) is 10.3. The monoisotopic (exact) mass is 768 g/mol. The second kappa shape index (κ2) is 14.4. The molecule has 0 saturated heterocycles. The van der Waals surface area contributed by atoms with Crippen molar-refractivity contribution in [3.63, 3.8) is 0 Å². The molecule has 0 aliphatic heterocycles. The topological polar surface area (TPSA) is 104 Å². The van der Waals surface area contributed by atoms with Crippen LogP contribution in [0.5, 0.6) is 5.75 Å². The van der Waals surface area contributed by atoms with E-state index in [1.165, 1.54) is 0 Å². The molecular formula is C36H28F8N2O6S. The minimum absolute atomic E-state index is 0.139. The minimum Gasteiger partial charge on any atom is -0.495 e. The fourth-order valence-corrected chi connectivity index (χ4v) is 7.44. The molecule has 0 heterocycles. The third-order valence-electron chi connectivity index (χ3n) is 9.01. The third-order valence-corrected chi connectivity index (χ3v) is 10.8. The van der Waals surface area contributed by atoms with Gasteiger partial charge in [0.1, 0.15) is 23.2 Å². The Labute approximate surface area is 297 Å². The molecule has 2 aliphatic rings. The molecule has 6 rings (SSSR count). The smallest absolute Gasteiger partial charge is 0.335 e. The number of nitrogens with zero attached hydrogens (tertiary/aromatic N) is 2. The van der Waals surface area contributed by atoms with Gasteiger partial charge in [-0.3, -0.25) is 4.79 Å². The number of hydrogen-bond donors (Lipinski definition) is 1. The van der Waals surface area contributed by atoms with Gasteiger partial charge in [0.25, 0.3) is 0 Å². The molecule has 1 N–H and O–H groups in total. The number of carboxylic acids is 1. The van der Waals surface area contributed by atoms with Gasteiger partial charge in [0.15, 0.2) is 28.2 Å². The standard InChI is InChI=1S/C36H28F8N2O6S/c1-52-28-11-20(36(48)49)6-7-27(28)46(14-17-8-21(18-2-3-18)10-22(9-17)19-4-5-19)29(47)16-45(15-24-25(38)12-23(37)13-26(24)39)53(50,51)35-33(43)31(41)30(40)32(42)34(35)44/h6-13,18-19H,2-5,14-16H2,1H3,(H,48,49). The second-order valence-electron chi connectivity index (χ2n) is 12.7. The summed E-state index contributed by atoms with van der Waals surface area (Å²) in [5.41, 5.74) is 0.833. The van der Waals surface area contributed by atoms with Gasteiger partial charge in [-0.05, 0) is 72.4 Å². The zero-order chi connectivity index (χ0) is 38.5. The summed E-state index contributed by atoms with van der Waals surface area (Å²) in [5, 5.41) is 9.54. The lowest BCUT2D eigenvalue weighted by Crippen LogP contribution is -2.43. The zero-order valence-electron chi connectivity index (χ0n) is 27.5. The van der Waals surface area contributed by atoms with Gasteiger partial charge in [-0.15, -0.1) is 0 Å². The summed E-state index contributed by atoms with van der Waals surface area (Å²) < 4.78 is 149. The first-order valence-corrected chi connectivity index (χ1v) is 17.5. The van der Waals surface area contributed by atoms with Crippen LogP contribution in [0.25, 0.3) is 0 Å². The van der Waals surface area contributed by atoms with Gasteiger partial charge in [-0.25, -0.2) is 48.3 Å². The summed E-state index contributed by atoms with van der Waals surface area (Å²) in [6.45, 7) is -3.48. The molecule has 2 saturated carbocycles. The quantitative estimate of drug-likeness (QED) is 0.0851. The molecule has 1 amide bonds. The van der Waals surface area contributed by atoms with Crippen LogP contribution in [0.15, 0.2) is 53.4 Å². The molecule has 2 aliphatic carbocycles. The van der Waals surface area contributed by atoms with Crippen LogP contribution >= 0.6 is 0 Å². The second-order valence-corrected chi connectivity index (χ2v) is 14.6. The maximum atomic E-state index is 15.0. The van der Waals surface area contributed by atoms with Crippen LogP contribution in [0, 0.1) is 46.5 Å². The molecular weight excluding hydrogens is 740 g/mol. The molecule has 4 aromatic rings. The molecule has 4 aromatic carbocycles. The number of carboxylic acid groups (broad SMARTS) is 1. The van der Waals surface area contributed by atoms with E-state index >= 15 is 0 Å². The van der Waals surface area contributed by atoms with E-state index in [0.29, 0.717) is 5.56 Å². The Morgan fingerprint density at radius 1 is 0.755 bits per heavy atom. The third kappa shape index (κ3) is 7.58. The highest BCUT2D eigenvalue weighted by Gasteiger charge is 2.40. The highest BCUT2D eigenvalue weighted by Crippen LogP contribution is 2.46. The Hall–Kier alpha value is -5.03. The van der Waals surface area contributed by atoms with E-state index in [4.69, 9.17) is 4.74 Å². The fraction of sp³-hybridized carbons (Fsp3) is 0.278. The Morgan fingerprint density at radius 3 is 1.77 bits per heavy atom. The van der Waals surface area contributed by atoms with Crippen molar-refractivity contribution in [3.05, 3.63) is 123 Å². The maximum Gasteiger partial charge on any atom is 0.335 e. The summed E-state index contributed by atoms with van der Waals surface area (Å²) in [6.07, 6.45) is 3.67. The molecule has 0 unspecified atom stereocenters. The highest BCUT2D eigenvalue weighted by atomic mass is 32.2. The van der Waals surface area contributed by atoms with Gasteiger partial charge < -0.3 is 14.7 Å². The molecule has 0 bridgehead atoms. The first kappa shape index (κ1) is 37.7. The average Bonchev–Trinajstić information content (AvgIpc) is 4.03. The van der Waals surface area contributed by atoms with E-state index in [0.717, 1.165) is 67.0 Å². The number of halogens is 8. The normalized spacial score (nSPS) is 14.5. The van der Waals surface area contributed by atoms with Crippen molar-refractivity contribution in [2.75, 3.05) is 18.6 Å². The van der Waals surface area contributed by atoms with E-state index in [2.05, 4.69) is 6.07 Å². The lowest BCUT2D eigenvalue weighted by atomic mass is 9.99. The number of anilines is 1. The van der Waals surface area contributed by atoms with Crippen molar-refractivity contribution in [3.8, 4) is 5.75 Å².